The Kier molecular flexibility index (Phi) is 1.87. The van der Waals surface area contributed by atoms with Gasteiger partial charge in [0.05, 0.1) is 6.20 Å². The quantitative estimate of drug-likeness (QED) is 0.644. The molecule has 0 N–H and O–H groups in total. The van der Waals surface area contributed by atoms with E-state index in [9.17, 15) is 0 Å². The number of aryl methyl sites for hydroxylation is 2. The van der Waals surface area contributed by atoms with Crippen LogP contribution in [0.15, 0.2) is 6.20 Å². The van der Waals surface area contributed by atoms with E-state index in [0.717, 1.165) is 5.88 Å². The van der Waals surface area contributed by atoms with Gasteiger partial charge in [-0.1, -0.05) is 0 Å². The van der Waals surface area contributed by atoms with E-state index in [4.69, 9.17) is 11.6 Å². The fourth-order valence-corrected chi connectivity index (χ4v) is 2.18. The molecule has 1 aromatic heterocycles. The van der Waals surface area contributed by atoms with Crippen molar-refractivity contribution in [2.24, 2.45) is 13.0 Å². The summed E-state index contributed by atoms with van der Waals surface area (Å²) in [5.74, 6) is 2.16. The van der Waals surface area contributed by atoms with Crippen molar-refractivity contribution in [2.75, 3.05) is 5.88 Å². The van der Waals surface area contributed by atoms with Gasteiger partial charge >= 0.3 is 0 Å². The van der Waals surface area contributed by atoms with Crippen molar-refractivity contribution in [1.82, 2.24) is 9.78 Å². The standard InChI is InChI=1S/C9H13ClN2/c1-6-5-11-12(2)9(6)8-3-7(8)4-10/h5,7-8H,3-4H2,1-2H3. The Labute approximate surface area is 77.5 Å². The molecule has 3 heteroatoms. The van der Waals surface area contributed by atoms with Gasteiger partial charge < -0.3 is 0 Å². The molecule has 1 aromatic rings. The molecule has 2 rings (SSSR count). The summed E-state index contributed by atoms with van der Waals surface area (Å²) in [6, 6.07) is 0. The molecule has 0 bridgehead atoms. The van der Waals surface area contributed by atoms with E-state index in [-0.39, 0.29) is 0 Å². The molecule has 2 atom stereocenters. The summed E-state index contributed by atoms with van der Waals surface area (Å²) in [5.41, 5.74) is 2.68. The zero-order valence-corrected chi connectivity index (χ0v) is 8.17. The topological polar surface area (TPSA) is 17.8 Å². The molecule has 1 aliphatic carbocycles. The lowest BCUT2D eigenvalue weighted by Gasteiger charge is -2.00. The van der Waals surface area contributed by atoms with Crippen LogP contribution in [0.5, 0.6) is 0 Å². The van der Waals surface area contributed by atoms with E-state index < -0.39 is 0 Å². The van der Waals surface area contributed by atoms with E-state index in [0.29, 0.717) is 11.8 Å². The molecule has 1 saturated carbocycles. The summed E-state index contributed by atoms with van der Waals surface area (Å²) in [7, 11) is 2.01. The maximum absolute atomic E-state index is 5.79. The van der Waals surface area contributed by atoms with Gasteiger partial charge in [-0.05, 0) is 24.8 Å². The first-order chi connectivity index (χ1) is 5.74. The molecule has 0 aromatic carbocycles. The first-order valence-electron chi connectivity index (χ1n) is 4.28. The highest BCUT2D eigenvalue weighted by Crippen LogP contribution is 2.48. The minimum atomic E-state index is 0.676. The van der Waals surface area contributed by atoms with E-state index in [1.54, 1.807) is 0 Å². The summed E-state index contributed by atoms with van der Waals surface area (Å²) in [6.45, 7) is 2.12. The predicted molar refractivity (Wildman–Crippen MR) is 49.5 cm³/mol. The summed E-state index contributed by atoms with van der Waals surface area (Å²) < 4.78 is 1.98. The molecule has 0 radical (unpaired) electrons. The fraction of sp³-hybridized carbons (Fsp3) is 0.667. The van der Waals surface area contributed by atoms with Gasteiger partial charge in [-0.15, -0.1) is 11.6 Å². The van der Waals surface area contributed by atoms with E-state index in [1.165, 1.54) is 17.7 Å². The van der Waals surface area contributed by atoms with Crippen molar-refractivity contribution in [1.29, 1.82) is 0 Å². The van der Waals surface area contributed by atoms with Crippen LogP contribution in [0, 0.1) is 12.8 Å². The molecule has 0 spiro atoms. The molecule has 0 amide bonds. The van der Waals surface area contributed by atoms with Gasteiger partial charge in [0.1, 0.15) is 0 Å². The largest absolute Gasteiger partial charge is 0.272 e. The molecule has 2 unspecified atom stereocenters. The van der Waals surface area contributed by atoms with Crippen LogP contribution in [0.1, 0.15) is 23.6 Å². The zero-order valence-electron chi connectivity index (χ0n) is 7.42. The highest BCUT2D eigenvalue weighted by molar-refractivity contribution is 6.18. The lowest BCUT2D eigenvalue weighted by atomic mass is 10.2. The Balaban J connectivity index is 2.23. The van der Waals surface area contributed by atoms with Gasteiger partial charge in [-0.3, -0.25) is 4.68 Å². The third-order valence-electron chi connectivity index (χ3n) is 2.65. The second kappa shape index (κ2) is 2.77. The van der Waals surface area contributed by atoms with Gasteiger partial charge in [0, 0.05) is 24.5 Å². The van der Waals surface area contributed by atoms with Crippen LogP contribution in [0.25, 0.3) is 0 Å². The number of aromatic nitrogens is 2. The molecular weight excluding hydrogens is 172 g/mol. The first kappa shape index (κ1) is 8.11. The number of rotatable bonds is 2. The van der Waals surface area contributed by atoms with Crippen LogP contribution < -0.4 is 0 Å². The van der Waals surface area contributed by atoms with Crippen LogP contribution in [-0.2, 0) is 7.05 Å². The fourth-order valence-electron chi connectivity index (χ4n) is 1.84. The average molecular weight is 185 g/mol. The van der Waals surface area contributed by atoms with E-state index in [1.807, 2.05) is 17.9 Å². The lowest BCUT2D eigenvalue weighted by molar-refractivity contribution is 0.699. The highest BCUT2D eigenvalue weighted by Gasteiger charge is 2.40. The smallest absolute Gasteiger partial charge is 0.0521 e. The Morgan fingerprint density at radius 3 is 2.92 bits per heavy atom. The van der Waals surface area contributed by atoms with Crippen molar-refractivity contribution in [3.63, 3.8) is 0 Å². The number of hydrogen-bond donors (Lipinski definition) is 0. The number of alkyl halides is 1. The Hall–Kier alpha value is -0.500. The normalized spacial score (nSPS) is 27.6. The van der Waals surface area contributed by atoms with Gasteiger partial charge in [0.15, 0.2) is 0 Å². The molecule has 66 valence electrons. The molecule has 1 fully saturated rings. The van der Waals surface area contributed by atoms with Gasteiger partial charge in [-0.2, -0.15) is 5.10 Å². The van der Waals surface area contributed by atoms with E-state index >= 15 is 0 Å². The van der Waals surface area contributed by atoms with Crippen LogP contribution in [0.2, 0.25) is 0 Å². The summed E-state index contributed by atoms with van der Waals surface area (Å²) in [4.78, 5) is 0. The monoisotopic (exact) mass is 184 g/mol. The third-order valence-corrected chi connectivity index (χ3v) is 3.05. The predicted octanol–water partition coefficient (Wildman–Crippen LogP) is 2.07. The van der Waals surface area contributed by atoms with Crippen LogP contribution in [-0.4, -0.2) is 15.7 Å². The second-order valence-corrected chi connectivity index (χ2v) is 3.90. The maximum atomic E-state index is 5.79. The summed E-state index contributed by atoms with van der Waals surface area (Å²) >= 11 is 5.79. The molecule has 2 nitrogen and oxygen atoms in total. The molecule has 0 aliphatic heterocycles. The van der Waals surface area contributed by atoms with Crippen molar-refractivity contribution >= 4 is 11.6 Å². The van der Waals surface area contributed by atoms with Gasteiger partial charge in [0.25, 0.3) is 0 Å². The Bertz CT molecular complexity index is 273. The molecule has 1 aliphatic rings. The number of nitrogens with zero attached hydrogens (tertiary/aromatic N) is 2. The molecule has 12 heavy (non-hydrogen) atoms. The van der Waals surface area contributed by atoms with Crippen LogP contribution in [0.3, 0.4) is 0 Å². The van der Waals surface area contributed by atoms with E-state index in [2.05, 4.69) is 12.0 Å². The van der Waals surface area contributed by atoms with Gasteiger partial charge in [0.2, 0.25) is 0 Å². The second-order valence-electron chi connectivity index (χ2n) is 3.59. The van der Waals surface area contributed by atoms with Crippen molar-refractivity contribution < 1.29 is 0 Å². The van der Waals surface area contributed by atoms with Crippen molar-refractivity contribution in [3.05, 3.63) is 17.5 Å². The highest BCUT2D eigenvalue weighted by atomic mass is 35.5. The Morgan fingerprint density at radius 1 is 1.75 bits per heavy atom. The molecule has 0 saturated heterocycles. The third kappa shape index (κ3) is 1.14. The first-order valence-corrected chi connectivity index (χ1v) is 4.82. The van der Waals surface area contributed by atoms with Crippen LogP contribution in [0.4, 0.5) is 0 Å². The maximum Gasteiger partial charge on any atom is 0.0521 e. The van der Waals surface area contributed by atoms with Crippen molar-refractivity contribution in [3.8, 4) is 0 Å². The minimum absolute atomic E-state index is 0.676. The van der Waals surface area contributed by atoms with Gasteiger partial charge in [-0.25, -0.2) is 0 Å². The molecule has 1 heterocycles. The minimum Gasteiger partial charge on any atom is -0.272 e. The van der Waals surface area contributed by atoms with Crippen LogP contribution >= 0.6 is 11.6 Å². The number of hydrogen-bond acceptors (Lipinski definition) is 1. The van der Waals surface area contributed by atoms with Crippen molar-refractivity contribution in [2.45, 2.75) is 19.3 Å². The lowest BCUT2D eigenvalue weighted by Crippen LogP contribution is -1.98. The number of halogens is 1. The molecular formula is C9H13ClN2. The summed E-state index contributed by atoms with van der Waals surface area (Å²) in [5, 5.41) is 4.22. The summed E-state index contributed by atoms with van der Waals surface area (Å²) in [6.07, 6.45) is 3.17. The SMILES string of the molecule is Cc1cnn(C)c1C1CC1CCl. The Morgan fingerprint density at radius 2 is 2.50 bits per heavy atom. The average Bonchev–Trinajstić information content (AvgIpc) is 2.74. The zero-order chi connectivity index (χ0) is 8.72.